The molecule has 0 amide bonds. The third kappa shape index (κ3) is 3.78. The summed E-state index contributed by atoms with van der Waals surface area (Å²) >= 11 is 0. The van der Waals surface area contributed by atoms with Crippen molar-refractivity contribution in [3.8, 4) is 5.75 Å². The summed E-state index contributed by atoms with van der Waals surface area (Å²) in [5.74, 6) is 0.930. The average molecular weight is 289 g/mol. The lowest BCUT2D eigenvalue weighted by Gasteiger charge is -2.38. The summed E-state index contributed by atoms with van der Waals surface area (Å²) in [6, 6.07) is 9.02. The second-order valence-corrected chi connectivity index (χ2v) is 6.48. The van der Waals surface area contributed by atoms with Gasteiger partial charge in [0.1, 0.15) is 5.75 Å². The number of nitrogens with one attached hydrogen (secondary N) is 1. The zero-order valence-electron chi connectivity index (χ0n) is 13.1. The van der Waals surface area contributed by atoms with E-state index in [0.717, 1.165) is 31.7 Å². The van der Waals surface area contributed by atoms with Crippen molar-refractivity contribution >= 4 is 0 Å². The summed E-state index contributed by atoms with van der Waals surface area (Å²) < 4.78 is 11.3. The molecule has 3 nitrogen and oxygen atoms in total. The topological polar surface area (TPSA) is 30.5 Å². The van der Waals surface area contributed by atoms with Crippen molar-refractivity contribution < 1.29 is 9.47 Å². The van der Waals surface area contributed by atoms with Crippen molar-refractivity contribution in [2.24, 2.45) is 0 Å². The predicted octanol–water partition coefficient (Wildman–Crippen LogP) is 3.32. The van der Waals surface area contributed by atoms with Crippen LogP contribution in [-0.4, -0.2) is 31.9 Å². The van der Waals surface area contributed by atoms with Crippen LogP contribution in [-0.2, 0) is 11.2 Å². The molecule has 3 rings (SSSR count). The van der Waals surface area contributed by atoms with Crippen LogP contribution >= 0.6 is 0 Å². The maximum absolute atomic E-state index is 6.09. The van der Waals surface area contributed by atoms with E-state index >= 15 is 0 Å². The van der Waals surface area contributed by atoms with E-state index in [4.69, 9.17) is 9.47 Å². The molecule has 0 bridgehead atoms. The van der Waals surface area contributed by atoms with Gasteiger partial charge in [-0.05, 0) is 56.3 Å². The molecule has 2 aliphatic rings. The van der Waals surface area contributed by atoms with Gasteiger partial charge in [0.25, 0.3) is 0 Å². The molecule has 1 saturated carbocycles. The van der Waals surface area contributed by atoms with Crippen LogP contribution in [0.2, 0.25) is 0 Å². The molecule has 1 atom stereocenters. The molecule has 2 fully saturated rings. The fraction of sp³-hybridized carbons (Fsp3) is 0.667. The molecule has 1 N–H and O–H groups in total. The van der Waals surface area contributed by atoms with E-state index in [2.05, 4.69) is 17.4 Å². The fourth-order valence-electron chi connectivity index (χ4n) is 3.78. The van der Waals surface area contributed by atoms with E-state index < -0.39 is 0 Å². The van der Waals surface area contributed by atoms with Crippen LogP contribution in [0.5, 0.6) is 5.75 Å². The third-order valence-electron chi connectivity index (χ3n) is 5.01. The molecule has 1 aromatic carbocycles. The monoisotopic (exact) mass is 289 g/mol. The number of hydrogen-bond acceptors (Lipinski definition) is 3. The van der Waals surface area contributed by atoms with Crippen LogP contribution < -0.4 is 10.1 Å². The number of benzene rings is 1. The summed E-state index contributed by atoms with van der Waals surface area (Å²) in [7, 11) is 1.71. The minimum absolute atomic E-state index is 0.218. The number of hydrogen-bond donors (Lipinski definition) is 1. The van der Waals surface area contributed by atoms with Crippen LogP contribution in [0.1, 0.15) is 44.1 Å². The molecule has 1 unspecified atom stereocenters. The Bertz CT molecular complexity index is 437. The van der Waals surface area contributed by atoms with Crippen LogP contribution in [0.15, 0.2) is 24.3 Å². The Morgan fingerprint density at radius 2 is 2.00 bits per heavy atom. The number of methoxy groups -OCH3 is 1. The van der Waals surface area contributed by atoms with E-state index in [1.165, 1.54) is 37.7 Å². The van der Waals surface area contributed by atoms with Gasteiger partial charge >= 0.3 is 0 Å². The van der Waals surface area contributed by atoms with Gasteiger partial charge in [-0.15, -0.1) is 0 Å². The molecular weight excluding hydrogens is 262 g/mol. The lowest BCUT2D eigenvalue weighted by molar-refractivity contribution is -0.0834. The minimum Gasteiger partial charge on any atom is -0.497 e. The lowest BCUT2D eigenvalue weighted by Crippen LogP contribution is -2.46. The first-order valence-corrected chi connectivity index (χ1v) is 8.30. The van der Waals surface area contributed by atoms with Gasteiger partial charge in [0.15, 0.2) is 0 Å². The van der Waals surface area contributed by atoms with Crippen molar-refractivity contribution in [2.45, 2.75) is 56.6 Å². The van der Waals surface area contributed by atoms with Crippen LogP contribution in [0.3, 0.4) is 0 Å². The first-order chi connectivity index (χ1) is 10.3. The first kappa shape index (κ1) is 14.9. The highest BCUT2D eigenvalue weighted by molar-refractivity contribution is 5.27. The number of rotatable bonds is 5. The SMILES string of the molecule is COc1ccc(CCNC2CCOC3(CCCC3)C2)cc1. The van der Waals surface area contributed by atoms with Gasteiger partial charge in [-0.25, -0.2) is 0 Å². The molecule has 1 heterocycles. The zero-order valence-corrected chi connectivity index (χ0v) is 13.1. The second kappa shape index (κ2) is 6.80. The highest BCUT2D eigenvalue weighted by Crippen LogP contribution is 2.39. The summed E-state index contributed by atoms with van der Waals surface area (Å²) in [5, 5.41) is 3.74. The van der Waals surface area contributed by atoms with Gasteiger partial charge in [-0.1, -0.05) is 25.0 Å². The van der Waals surface area contributed by atoms with E-state index in [1.807, 2.05) is 12.1 Å². The molecule has 3 heteroatoms. The summed E-state index contributed by atoms with van der Waals surface area (Å²) in [6.45, 7) is 1.98. The first-order valence-electron chi connectivity index (χ1n) is 8.30. The molecule has 116 valence electrons. The molecule has 1 saturated heterocycles. The van der Waals surface area contributed by atoms with Crippen molar-refractivity contribution in [2.75, 3.05) is 20.3 Å². The fourth-order valence-corrected chi connectivity index (χ4v) is 3.78. The highest BCUT2D eigenvalue weighted by atomic mass is 16.5. The molecule has 21 heavy (non-hydrogen) atoms. The van der Waals surface area contributed by atoms with Gasteiger partial charge in [0.2, 0.25) is 0 Å². The lowest BCUT2D eigenvalue weighted by atomic mass is 9.89. The smallest absolute Gasteiger partial charge is 0.118 e. The predicted molar refractivity (Wildman–Crippen MR) is 84.9 cm³/mol. The summed E-state index contributed by atoms with van der Waals surface area (Å²) in [4.78, 5) is 0. The van der Waals surface area contributed by atoms with E-state index in [1.54, 1.807) is 7.11 Å². The molecular formula is C18H27NO2. The molecule has 1 aromatic rings. The normalized spacial score (nSPS) is 24.3. The standard InChI is InChI=1S/C18H27NO2/c1-20-17-6-4-15(5-7-17)8-12-19-16-9-13-21-18(14-16)10-2-3-11-18/h4-7,16,19H,2-3,8-14H2,1H3. The quantitative estimate of drug-likeness (QED) is 0.902. The maximum Gasteiger partial charge on any atom is 0.118 e. The van der Waals surface area contributed by atoms with Gasteiger partial charge < -0.3 is 14.8 Å². The van der Waals surface area contributed by atoms with Crippen molar-refractivity contribution in [1.29, 1.82) is 0 Å². The van der Waals surface area contributed by atoms with Crippen molar-refractivity contribution in [3.63, 3.8) is 0 Å². The van der Waals surface area contributed by atoms with Crippen LogP contribution in [0.4, 0.5) is 0 Å². The van der Waals surface area contributed by atoms with Gasteiger partial charge in [-0.2, -0.15) is 0 Å². The zero-order chi connectivity index (χ0) is 14.5. The Kier molecular flexibility index (Phi) is 4.81. The maximum atomic E-state index is 6.09. The van der Waals surface area contributed by atoms with Gasteiger partial charge in [0, 0.05) is 12.6 Å². The summed E-state index contributed by atoms with van der Waals surface area (Å²) in [6.07, 6.45) is 8.67. The Hall–Kier alpha value is -1.06. The van der Waals surface area contributed by atoms with Crippen LogP contribution in [0, 0.1) is 0 Å². The Morgan fingerprint density at radius 1 is 1.24 bits per heavy atom. The highest BCUT2D eigenvalue weighted by Gasteiger charge is 2.39. The van der Waals surface area contributed by atoms with Crippen LogP contribution in [0.25, 0.3) is 0 Å². The third-order valence-corrected chi connectivity index (χ3v) is 5.01. The summed E-state index contributed by atoms with van der Waals surface area (Å²) in [5.41, 5.74) is 1.58. The van der Waals surface area contributed by atoms with Gasteiger partial charge in [0.05, 0.1) is 12.7 Å². The average Bonchev–Trinajstić information content (AvgIpc) is 2.96. The van der Waals surface area contributed by atoms with Crippen molar-refractivity contribution in [3.05, 3.63) is 29.8 Å². The molecule has 1 spiro atoms. The van der Waals surface area contributed by atoms with Gasteiger partial charge in [-0.3, -0.25) is 0 Å². The minimum atomic E-state index is 0.218. The van der Waals surface area contributed by atoms with E-state index in [-0.39, 0.29) is 5.60 Å². The number of ether oxygens (including phenoxy) is 2. The van der Waals surface area contributed by atoms with Crippen molar-refractivity contribution in [1.82, 2.24) is 5.32 Å². The van der Waals surface area contributed by atoms with E-state index in [0.29, 0.717) is 6.04 Å². The largest absolute Gasteiger partial charge is 0.497 e. The molecule has 1 aliphatic heterocycles. The van der Waals surface area contributed by atoms with E-state index in [9.17, 15) is 0 Å². The molecule has 0 aromatic heterocycles. The Morgan fingerprint density at radius 3 is 2.71 bits per heavy atom. The molecule has 1 aliphatic carbocycles. The Labute approximate surface area is 128 Å². The second-order valence-electron chi connectivity index (χ2n) is 6.48. The Balaban J connectivity index is 1.44. The molecule has 0 radical (unpaired) electrons.